The summed E-state index contributed by atoms with van der Waals surface area (Å²) in [6, 6.07) is 8.27. The molecule has 0 saturated heterocycles. The van der Waals surface area contributed by atoms with Crippen LogP contribution in [0.1, 0.15) is 10.5 Å². The van der Waals surface area contributed by atoms with Crippen molar-refractivity contribution in [1.29, 1.82) is 0 Å². The van der Waals surface area contributed by atoms with Gasteiger partial charge in [0.25, 0.3) is 5.91 Å². The molecule has 0 radical (unpaired) electrons. The van der Waals surface area contributed by atoms with Gasteiger partial charge in [0.15, 0.2) is 0 Å². The highest BCUT2D eigenvalue weighted by Gasteiger charge is 2.08. The Kier molecular flexibility index (Phi) is 2.78. The molecule has 1 aromatic carbocycles. The monoisotopic (exact) mass is 236 g/mol. The van der Waals surface area contributed by atoms with E-state index in [0.29, 0.717) is 16.4 Å². The molecule has 0 fully saturated rings. The molecule has 16 heavy (non-hydrogen) atoms. The van der Waals surface area contributed by atoms with Crippen LogP contribution in [0.4, 0.5) is 11.5 Å². The summed E-state index contributed by atoms with van der Waals surface area (Å²) in [6.45, 7) is 0. The van der Waals surface area contributed by atoms with E-state index in [0.717, 1.165) is 0 Å². The zero-order chi connectivity index (χ0) is 11.5. The van der Waals surface area contributed by atoms with E-state index >= 15 is 0 Å². The molecule has 2 aromatic rings. The standard InChI is InChI=1S/C10H9ClN4O/c11-6-1-3-7(4-2-6)13-10(16)8-5-9(12)15-14-8/h1-5H,(H,13,16)(H3,12,14,15). The fourth-order valence-electron chi connectivity index (χ4n) is 1.19. The third kappa shape index (κ3) is 2.32. The topological polar surface area (TPSA) is 83.8 Å². The lowest BCUT2D eigenvalue weighted by atomic mass is 10.3. The maximum atomic E-state index is 11.6. The van der Waals surface area contributed by atoms with E-state index in [1.165, 1.54) is 6.07 Å². The van der Waals surface area contributed by atoms with Gasteiger partial charge in [-0.25, -0.2) is 0 Å². The first-order valence-corrected chi connectivity index (χ1v) is 4.91. The number of aromatic nitrogens is 2. The van der Waals surface area contributed by atoms with Crippen molar-refractivity contribution in [1.82, 2.24) is 10.2 Å². The van der Waals surface area contributed by atoms with Crippen molar-refractivity contribution in [2.75, 3.05) is 11.1 Å². The molecule has 5 nitrogen and oxygen atoms in total. The number of rotatable bonds is 2. The number of nitrogens with one attached hydrogen (secondary N) is 2. The van der Waals surface area contributed by atoms with Gasteiger partial charge in [-0.15, -0.1) is 0 Å². The molecule has 4 N–H and O–H groups in total. The van der Waals surface area contributed by atoms with Gasteiger partial charge in [-0.1, -0.05) is 11.6 Å². The predicted octanol–water partition coefficient (Wildman–Crippen LogP) is 1.90. The van der Waals surface area contributed by atoms with E-state index in [4.69, 9.17) is 17.3 Å². The summed E-state index contributed by atoms with van der Waals surface area (Å²) in [7, 11) is 0. The second kappa shape index (κ2) is 4.24. The van der Waals surface area contributed by atoms with Crippen molar-refractivity contribution in [2.45, 2.75) is 0 Å². The van der Waals surface area contributed by atoms with Gasteiger partial charge in [-0.3, -0.25) is 9.89 Å². The first-order chi connectivity index (χ1) is 7.65. The molecule has 1 aromatic heterocycles. The molecule has 0 saturated carbocycles. The third-order valence-corrected chi connectivity index (χ3v) is 2.20. The van der Waals surface area contributed by atoms with Crippen molar-refractivity contribution < 1.29 is 4.79 Å². The Balaban J connectivity index is 2.10. The number of nitrogen functional groups attached to an aromatic ring is 1. The van der Waals surface area contributed by atoms with Gasteiger partial charge in [0.05, 0.1) is 0 Å². The lowest BCUT2D eigenvalue weighted by Gasteiger charge is -2.02. The minimum atomic E-state index is -0.300. The minimum absolute atomic E-state index is 0.279. The summed E-state index contributed by atoms with van der Waals surface area (Å²) >= 11 is 5.72. The number of hydrogen-bond donors (Lipinski definition) is 3. The van der Waals surface area contributed by atoms with Crippen molar-refractivity contribution in [3.8, 4) is 0 Å². The van der Waals surface area contributed by atoms with E-state index in [1.807, 2.05) is 0 Å². The van der Waals surface area contributed by atoms with Crippen LogP contribution in [0.2, 0.25) is 5.02 Å². The fourth-order valence-corrected chi connectivity index (χ4v) is 1.31. The number of nitrogens with zero attached hydrogens (tertiary/aromatic N) is 1. The molecule has 82 valence electrons. The van der Waals surface area contributed by atoms with Gasteiger partial charge >= 0.3 is 0 Å². The maximum absolute atomic E-state index is 11.6. The number of carbonyl (C=O) groups is 1. The lowest BCUT2D eigenvalue weighted by Crippen LogP contribution is -2.12. The molecule has 0 bridgehead atoms. The van der Waals surface area contributed by atoms with Crippen LogP contribution in [0.5, 0.6) is 0 Å². The Bertz CT molecular complexity index is 506. The lowest BCUT2D eigenvalue weighted by molar-refractivity contribution is 0.102. The predicted molar refractivity (Wildman–Crippen MR) is 62.4 cm³/mol. The Morgan fingerprint density at radius 2 is 2.06 bits per heavy atom. The van der Waals surface area contributed by atoms with E-state index in [2.05, 4.69) is 15.5 Å². The molecule has 0 aliphatic rings. The van der Waals surface area contributed by atoms with Crippen LogP contribution in [0.25, 0.3) is 0 Å². The molecular formula is C10H9ClN4O. The summed E-state index contributed by atoms with van der Waals surface area (Å²) in [5.41, 5.74) is 6.36. The number of anilines is 2. The largest absolute Gasteiger partial charge is 0.382 e. The van der Waals surface area contributed by atoms with Crippen LogP contribution in [0.3, 0.4) is 0 Å². The van der Waals surface area contributed by atoms with Crippen molar-refractivity contribution in [3.63, 3.8) is 0 Å². The number of nitrogens with two attached hydrogens (primary N) is 1. The van der Waals surface area contributed by atoms with Gasteiger partial charge in [-0.2, -0.15) is 5.10 Å². The maximum Gasteiger partial charge on any atom is 0.273 e. The fraction of sp³-hybridized carbons (Fsp3) is 0. The average Bonchev–Trinajstić information content (AvgIpc) is 2.68. The zero-order valence-corrected chi connectivity index (χ0v) is 8.95. The van der Waals surface area contributed by atoms with E-state index in [-0.39, 0.29) is 11.7 Å². The molecule has 0 spiro atoms. The number of aromatic amines is 1. The smallest absolute Gasteiger partial charge is 0.273 e. The van der Waals surface area contributed by atoms with E-state index < -0.39 is 0 Å². The van der Waals surface area contributed by atoms with Crippen molar-refractivity contribution in [2.24, 2.45) is 0 Å². The van der Waals surface area contributed by atoms with Crippen LogP contribution in [0.15, 0.2) is 30.3 Å². The van der Waals surface area contributed by atoms with Crippen molar-refractivity contribution in [3.05, 3.63) is 41.0 Å². The van der Waals surface area contributed by atoms with Gasteiger partial charge in [0, 0.05) is 16.8 Å². The van der Waals surface area contributed by atoms with Gasteiger partial charge in [-0.05, 0) is 24.3 Å². The number of amides is 1. The van der Waals surface area contributed by atoms with E-state index in [9.17, 15) is 4.79 Å². The Labute approximate surface area is 96.6 Å². The molecule has 1 amide bonds. The quantitative estimate of drug-likeness (QED) is 0.745. The van der Waals surface area contributed by atoms with Crippen LogP contribution >= 0.6 is 11.6 Å². The molecule has 6 heteroatoms. The number of halogens is 1. The number of carbonyl (C=O) groups excluding carboxylic acids is 1. The molecule has 2 rings (SSSR count). The van der Waals surface area contributed by atoms with Gasteiger partial charge in [0.1, 0.15) is 11.5 Å². The van der Waals surface area contributed by atoms with Crippen LogP contribution in [-0.4, -0.2) is 16.1 Å². The molecule has 0 atom stereocenters. The van der Waals surface area contributed by atoms with E-state index in [1.54, 1.807) is 24.3 Å². The molecule has 0 aliphatic heterocycles. The molecule has 0 unspecified atom stereocenters. The highest BCUT2D eigenvalue weighted by Crippen LogP contribution is 2.14. The Morgan fingerprint density at radius 3 is 2.62 bits per heavy atom. The summed E-state index contributed by atoms with van der Waals surface area (Å²) in [5.74, 6) is -0.0206. The average molecular weight is 237 g/mol. The van der Waals surface area contributed by atoms with Gasteiger partial charge < -0.3 is 11.1 Å². The molecule has 1 heterocycles. The second-order valence-corrected chi connectivity index (χ2v) is 3.60. The van der Waals surface area contributed by atoms with Crippen LogP contribution < -0.4 is 11.1 Å². The highest BCUT2D eigenvalue weighted by molar-refractivity contribution is 6.30. The summed E-state index contributed by atoms with van der Waals surface area (Å²) in [4.78, 5) is 11.6. The summed E-state index contributed by atoms with van der Waals surface area (Å²) in [6.07, 6.45) is 0. The van der Waals surface area contributed by atoms with Crippen LogP contribution in [0, 0.1) is 0 Å². The second-order valence-electron chi connectivity index (χ2n) is 3.17. The normalized spacial score (nSPS) is 10.1. The third-order valence-electron chi connectivity index (χ3n) is 1.94. The Hall–Kier alpha value is -2.01. The highest BCUT2D eigenvalue weighted by atomic mass is 35.5. The van der Waals surface area contributed by atoms with Gasteiger partial charge in [0.2, 0.25) is 0 Å². The first kappa shape index (κ1) is 10.5. The van der Waals surface area contributed by atoms with Crippen molar-refractivity contribution >= 4 is 29.0 Å². The summed E-state index contributed by atoms with van der Waals surface area (Å²) in [5, 5.41) is 9.48. The zero-order valence-electron chi connectivity index (χ0n) is 8.20. The number of benzene rings is 1. The SMILES string of the molecule is Nc1cc(C(=O)Nc2ccc(Cl)cc2)[nH]n1. The molecule has 0 aliphatic carbocycles. The summed E-state index contributed by atoms with van der Waals surface area (Å²) < 4.78 is 0. The minimum Gasteiger partial charge on any atom is -0.382 e. The Morgan fingerprint density at radius 1 is 1.38 bits per heavy atom. The first-order valence-electron chi connectivity index (χ1n) is 4.53. The molecular weight excluding hydrogens is 228 g/mol. The van der Waals surface area contributed by atoms with Crippen LogP contribution in [-0.2, 0) is 0 Å². The number of hydrogen-bond acceptors (Lipinski definition) is 3. The number of H-pyrrole nitrogens is 1.